The highest BCUT2D eigenvalue weighted by Crippen LogP contribution is 2.50. The standard InChI is InChI=1S/C22H24N2O4S/c1-3-11-23-29(26,27)15-8-9-19-18(13-15)16-5-4-6-17(16)22(24-19)14-7-10-20(25)21(12-14)28-2/h3-5,7-10,12-13,16-17,22-25H,1,6,11H2,2H3. The number of fused-ring (bicyclic) bond motifs is 3. The van der Waals surface area contributed by atoms with Crippen molar-refractivity contribution in [2.24, 2.45) is 5.92 Å². The monoisotopic (exact) mass is 412 g/mol. The number of sulfonamides is 1. The summed E-state index contributed by atoms with van der Waals surface area (Å²) in [5, 5.41) is 13.5. The fourth-order valence-electron chi connectivity index (χ4n) is 4.21. The maximum atomic E-state index is 12.5. The second kappa shape index (κ2) is 7.57. The van der Waals surface area contributed by atoms with Gasteiger partial charge >= 0.3 is 0 Å². The Morgan fingerprint density at radius 2 is 2.14 bits per heavy atom. The van der Waals surface area contributed by atoms with E-state index in [1.54, 1.807) is 18.2 Å². The van der Waals surface area contributed by atoms with E-state index >= 15 is 0 Å². The number of phenols is 1. The molecule has 0 bridgehead atoms. The summed E-state index contributed by atoms with van der Waals surface area (Å²) in [6.07, 6.45) is 6.71. The largest absolute Gasteiger partial charge is 0.504 e. The van der Waals surface area contributed by atoms with Crippen LogP contribution in [0.2, 0.25) is 0 Å². The maximum Gasteiger partial charge on any atom is 0.240 e. The predicted octanol–water partition coefficient (Wildman–Crippen LogP) is 3.69. The van der Waals surface area contributed by atoms with Crippen LogP contribution < -0.4 is 14.8 Å². The van der Waals surface area contributed by atoms with Crippen molar-refractivity contribution in [1.29, 1.82) is 0 Å². The van der Waals surface area contributed by atoms with Crippen LogP contribution in [0.15, 0.2) is 66.1 Å². The molecule has 0 fully saturated rings. The molecule has 0 saturated carbocycles. The van der Waals surface area contributed by atoms with Crippen molar-refractivity contribution in [2.75, 3.05) is 19.0 Å². The van der Waals surface area contributed by atoms with E-state index in [0.29, 0.717) is 5.75 Å². The molecule has 4 rings (SSSR count). The molecule has 3 atom stereocenters. The normalized spacial score (nSPS) is 22.4. The van der Waals surface area contributed by atoms with Gasteiger partial charge < -0.3 is 15.2 Å². The third kappa shape index (κ3) is 3.52. The Hall–Kier alpha value is -2.77. The minimum atomic E-state index is -3.58. The number of hydrogen-bond acceptors (Lipinski definition) is 5. The molecule has 2 aromatic rings. The smallest absolute Gasteiger partial charge is 0.240 e. The Morgan fingerprint density at radius 3 is 2.90 bits per heavy atom. The van der Waals surface area contributed by atoms with Crippen LogP contribution in [-0.2, 0) is 10.0 Å². The van der Waals surface area contributed by atoms with Crippen molar-refractivity contribution in [3.05, 3.63) is 72.3 Å². The fourth-order valence-corrected chi connectivity index (χ4v) is 5.24. The summed E-state index contributed by atoms with van der Waals surface area (Å²) in [5.74, 6) is 0.907. The van der Waals surface area contributed by atoms with Gasteiger partial charge in [-0.1, -0.05) is 24.3 Å². The van der Waals surface area contributed by atoms with E-state index < -0.39 is 10.0 Å². The molecule has 152 valence electrons. The lowest BCUT2D eigenvalue weighted by molar-refractivity contribution is 0.370. The Balaban J connectivity index is 1.72. The van der Waals surface area contributed by atoms with Gasteiger partial charge in [0.1, 0.15) is 0 Å². The van der Waals surface area contributed by atoms with E-state index in [-0.39, 0.29) is 35.1 Å². The van der Waals surface area contributed by atoms with E-state index in [9.17, 15) is 13.5 Å². The first-order valence-corrected chi connectivity index (χ1v) is 11.0. The van der Waals surface area contributed by atoms with Crippen molar-refractivity contribution < 1.29 is 18.3 Å². The summed E-state index contributed by atoms with van der Waals surface area (Å²) >= 11 is 0. The number of allylic oxidation sites excluding steroid dienone is 2. The van der Waals surface area contributed by atoms with Crippen LogP contribution in [0.1, 0.15) is 29.5 Å². The second-order valence-electron chi connectivity index (χ2n) is 7.30. The van der Waals surface area contributed by atoms with E-state index in [0.717, 1.165) is 23.2 Å². The first kappa shape index (κ1) is 19.5. The van der Waals surface area contributed by atoms with Gasteiger partial charge in [-0.15, -0.1) is 6.58 Å². The van der Waals surface area contributed by atoms with E-state index in [1.165, 1.54) is 13.2 Å². The number of phenolic OH excluding ortho intramolecular Hbond substituents is 1. The molecule has 0 radical (unpaired) electrons. The lowest BCUT2D eigenvalue weighted by Crippen LogP contribution is -2.30. The summed E-state index contributed by atoms with van der Waals surface area (Å²) in [7, 11) is -2.05. The highest BCUT2D eigenvalue weighted by molar-refractivity contribution is 7.89. The molecule has 3 unspecified atom stereocenters. The van der Waals surface area contributed by atoms with Crippen LogP contribution >= 0.6 is 0 Å². The third-order valence-electron chi connectivity index (χ3n) is 5.63. The van der Waals surface area contributed by atoms with Gasteiger partial charge in [-0.05, 0) is 53.8 Å². The number of anilines is 1. The van der Waals surface area contributed by atoms with Gasteiger partial charge in [-0.25, -0.2) is 13.1 Å². The fraction of sp³-hybridized carbons (Fsp3) is 0.273. The molecule has 0 saturated heterocycles. The molecular weight excluding hydrogens is 388 g/mol. The highest BCUT2D eigenvalue weighted by atomic mass is 32.2. The minimum absolute atomic E-state index is 0.0262. The number of nitrogens with one attached hydrogen (secondary N) is 2. The van der Waals surface area contributed by atoms with Crippen molar-refractivity contribution >= 4 is 15.7 Å². The Kier molecular flexibility index (Phi) is 5.10. The van der Waals surface area contributed by atoms with E-state index in [1.807, 2.05) is 18.2 Å². The Morgan fingerprint density at radius 1 is 1.31 bits per heavy atom. The lowest BCUT2D eigenvalue weighted by atomic mass is 9.77. The predicted molar refractivity (Wildman–Crippen MR) is 113 cm³/mol. The van der Waals surface area contributed by atoms with Gasteiger partial charge in [0.05, 0.1) is 18.0 Å². The average molecular weight is 413 g/mol. The second-order valence-corrected chi connectivity index (χ2v) is 9.06. The topological polar surface area (TPSA) is 87.7 Å². The number of methoxy groups -OCH3 is 1. The Labute approximate surface area is 171 Å². The quantitative estimate of drug-likeness (QED) is 0.630. The van der Waals surface area contributed by atoms with E-state index in [2.05, 4.69) is 28.8 Å². The van der Waals surface area contributed by atoms with Crippen LogP contribution in [0.25, 0.3) is 0 Å². The summed E-state index contributed by atoms with van der Waals surface area (Å²) < 4.78 is 32.8. The van der Waals surface area contributed by atoms with Crippen LogP contribution in [0.5, 0.6) is 11.5 Å². The first-order chi connectivity index (χ1) is 13.9. The van der Waals surface area contributed by atoms with Crippen molar-refractivity contribution in [3.63, 3.8) is 0 Å². The van der Waals surface area contributed by atoms with Gasteiger partial charge in [-0.2, -0.15) is 0 Å². The number of benzene rings is 2. The van der Waals surface area contributed by atoms with Gasteiger partial charge in [-0.3, -0.25) is 0 Å². The zero-order chi connectivity index (χ0) is 20.6. The molecule has 1 heterocycles. The zero-order valence-electron chi connectivity index (χ0n) is 16.1. The molecule has 0 aromatic heterocycles. The molecule has 0 amide bonds. The molecule has 6 nitrogen and oxygen atoms in total. The molecule has 1 aliphatic heterocycles. The SMILES string of the molecule is C=CCNS(=O)(=O)c1ccc2c(c1)C1C=CCC1C(c1ccc(O)c(OC)c1)N2. The van der Waals surface area contributed by atoms with Gasteiger partial charge in [0.25, 0.3) is 0 Å². The van der Waals surface area contributed by atoms with Crippen LogP contribution in [-0.4, -0.2) is 27.2 Å². The lowest BCUT2D eigenvalue weighted by Gasteiger charge is -2.37. The van der Waals surface area contributed by atoms with Crippen LogP contribution in [0, 0.1) is 5.92 Å². The number of ether oxygens (including phenoxy) is 1. The van der Waals surface area contributed by atoms with Crippen LogP contribution in [0.3, 0.4) is 0 Å². The van der Waals surface area contributed by atoms with Crippen molar-refractivity contribution in [2.45, 2.75) is 23.3 Å². The summed E-state index contributed by atoms with van der Waals surface area (Å²) in [5.41, 5.74) is 2.91. The third-order valence-corrected chi connectivity index (χ3v) is 7.05. The number of aromatic hydroxyl groups is 1. The summed E-state index contributed by atoms with van der Waals surface area (Å²) in [6.45, 7) is 3.74. The molecule has 7 heteroatoms. The van der Waals surface area contributed by atoms with E-state index in [4.69, 9.17) is 4.74 Å². The van der Waals surface area contributed by atoms with Crippen molar-refractivity contribution in [1.82, 2.24) is 4.72 Å². The molecule has 1 aliphatic carbocycles. The van der Waals surface area contributed by atoms with Crippen LogP contribution in [0.4, 0.5) is 5.69 Å². The van der Waals surface area contributed by atoms with Gasteiger partial charge in [0.15, 0.2) is 11.5 Å². The van der Waals surface area contributed by atoms with Gasteiger partial charge in [0.2, 0.25) is 10.0 Å². The molecule has 3 N–H and O–H groups in total. The van der Waals surface area contributed by atoms with Crippen molar-refractivity contribution in [3.8, 4) is 11.5 Å². The minimum Gasteiger partial charge on any atom is -0.504 e. The summed E-state index contributed by atoms with van der Waals surface area (Å²) in [4.78, 5) is 0.253. The highest BCUT2D eigenvalue weighted by Gasteiger charge is 2.38. The maximum absolute atomic E-state index is 12.5. The number of hydrogen-bond donors (Lipinski definition) is 3. The molecule has 0 spiro atoms. The number of rotatable bonds is 6. The summed E-state index contributed by atoms with van der Waals surface area (Å²) in [6, 6.07) is 10.6. The molecule has 2 aliphatic rings. The Bertz CT molecular complexity index is 1080. The van der Waals surface area contributed by atoms with Gasteiger partial charge in [0, 0.05) is 18.2 Å². The molecule has 2 aromatic carbocycles. The zero-order valence-corrected chi connectivity index (χ0v) is 16.9. The first-order valence-electron chi connectivity index (χ1n) is 9.49. The molecular formula is C22H24N2O4S. The average Bonchev–Trinajstić information content (AvgIpc) is 3.22. The molecule has 29 heavy (non-hydrogen) atoms.